The zero-order valence-electron chi connectivity index (χ0n) is 17.6. The van der Waals surface area contributed by atoms with Crippen LogP contribution in [-0.4, -0.2) is 51.9 Å². The first-order valence-corrected chi connectivity index (χ1v) is 11.7. The van der Waals surface area contributed by atoms with Crippen LogP contribution in [0.15, 0.2) is 29.3 Å². The average Bonchev–Trinajstić information content (AvgIpc) is 2.61. The van der Waals surface area contributed by atoms with Gasteiger partial charge in [0.05, 0.1) is 5.75 Å². The number of aliphatic imine (C=N–C) groups is 1. The van der Waals surface area contributed by atoms with Gasteiger partial charge in [-0.15, -0.1) is 24.0 Å². The van der Waals surface area contributed by atoms with Gasteiger partial charge in [-0.1, -0.05) is 32.0 Å². The van der Waals surface area contributed by atoms with E-state index >= 15 is 0 Å². The Balaban J connectivity index is 0.00000420. The molecular formula is C20H33IN4O3S. The zero-order chi connectivity index (χ0) is 20.8. The molecule has 1 amide bonds. The lowest BCUT2D eigenvalue weighted by Gasteiger charge is -2.27. The molecule has 1 atom stereocenters. The van der Waals surface area contributed by atoms with Gasteiger partial charge in [-0.2, -0.15) is 0 Å². The Morgan fingerprint density at radius 3 is 2.62 bits per heavy atom. The predicted molar refractivity (Wildman–Crippen MR) is 130 cm³/mol. The summed E-state index contributed by atoms with van der Waals surface area (Å²) in [6, 6.07) is 7.86. The molecule has 9 heteroatoms. The van der Waals surface area contributed by atoms with Crippen LogP contribution in [0, 0.1) is 5.41 Å². The third-order valence-corrected chi connectivity index (χ3v) is 5.73. The van der Waals surface area contributed by atoms with Gasteiger partial charge >= 0.3 is 0 Å². The molecule has 0 fully saturated rings. The summed E-state index contributed by atoms with van der Waals surface area (Å²) in [7, 11) is -2.98. The normalized spacial score (nSPS) is 17.0. The number of guanidine groups is 1. The molecule has 0 aromatic heterocycles. The fourth-order valence-corrected chi connectivity index (χ4v) is 4.00. The van der Waals surface area contributed by atoms with Crippen LogP contribution in [0.25, 0.3) is 0 Å². The summed E-state index contributed by atoms with van der Waals surface area (Å²) >= 11 is 0. The highest BCUT2D eigenvalue weighted by Gasteiger charge is 2.25. The molecule has 3 N–H and O–H groups in total. The van der Waals surface area contributed by atoms with Gasteiger partial charge < -0.3 is 16.0 Å². The minimum atomic E-state index is -2.98. The van der Waals surface area contributed by atoms with Gasteiger partial charge in [0.25, 0.3) is 0 Å². The summed E-state index contributed by atoms with van der Waals surface area (Å²) in [5.41, 5.74) is 1.77. The van der Waals surface area contributed by atoms with Gasteiger partial charge in [-0.3, -0.25) is 9.79 Å². The number of carbonyl (C=O) groups is 1. The first-order valence-electron chi connectivity index (χ1n) is 9.68. The van der Waals surface area contributed by atoms with Gasteiger partial charge in [0.1, 0.15) is 9.84 Å². The van der Waals surface area contributed by atoms with Crippen molar-refractivity contribution in [1.82, 2.24) is 10.6 Å². The Kier molecular flexibility index (Phi) is 9.87. The molecule has 1 aromatic carbocycles. The number of halogens is 1. The first-order chi connectivity index (χ1) is 13.1. The molecule has 0 spiro atoms. The molecule has 0 saturated heterocycles. The van der Waals surface area contributed by atoms with Crippen molar-refractivity contribution < 1.29 is 13.2 Å². The molecule has 0 radical (unpaired) electrons. The quantitative estimate of drug-likeness (QED) is 0.270. The van der Waals surface area contributed by atoms with Crippen molar-refractivity contribution >= 4 is 51.4 Å². The van der Waals surface area contributed by atoms with Crippen molar-refractivity contribution in [2.45, 2.75) is 39.5 Å². The summed E-state index contributed by atoms with van der Waals surface area (Å²) in [5, 5.41) is 9.47. The number of anilines is 1. The van der Waals surface area contributed by atoms with Crippen LogP contribution in [0.3, 0.4) is 0 Å². The number of para-hydroxylation sites is 1. The Labute approximate surface area is 191 Å². The van der Waals surface area contributed by atoms with E-state index in [2.05, 4.69) is 20.9 Å². The van der Waals surface area contributed by atoms with Crippen LogP contribution >= 0.6 is 24.0 Å². The van der Waals surface area contributed by atoms with Crippen molar-refractivity contribution in [3.05, 3.63) is 29.8 Å². The van der Waals surface area contributed by atoms with Gasteiger partial charge in [0.15, 0.2) is 5.96 Å². The van der Waals surface area contributed by atoms with E-state index in [9.17, 15) is 13.2 Å². The SMILES string of the molecule is CCNC(=NCC(C)(C)CCS(C)(=O)=O)NCC1CC(=O)Nc2ccccc21.I. The molecular weight excluding hydrogens is 503 g/mol. The monoisotopic (exact) mass is 536 g/mol. The number of rotatable bonds is 8. The third kappa shape index (κ3) is 8.90. The number of hydrogen-bond donors (Lipinski definition) is 3. The zero-order valence-corrected chi connectivity index (χ0v) is 20.8. The average molecular weight is 536 g/mol. The molecule has 7 nitrogen and oxygen atoms in total. The van der Waals surface area contributed by atoms with Crippen molar-refractivity contribution in [3.63, 3.8) is 0 Å². The molecule has 1 unspecified atom stereocenters. The second kappa shape index (κ2) is 11.1. The summed E-state index contributed by atoms with van der Waals surface area (Å²) in [6.07, 6.45) is 2.25. The maximum atomic E-state index is 12.0. The van der Waals surface area contributed by atoms with E-state index in [0.717, 1.165) is 17.8 Å². The predicted octanol–water partition coefficient (Wildman–Crippen LogP) is 2.75. The number of sulfone groups is 1. The fourth-order valence-electron chi connectivity index (χ4n) is 3.08. The van der Waals surface area contributed by atoms with E-state index in [0.29, 0.717) is 31.9 Å². The van der Waals surface area contributed by atoms with Crippen LogP contribution in [0.2, 0.25) is 0 Å². The van der Waals surface area contributed by atoms with E-state index in [1.54, 1.807) is 0 Å². The minimum absolute atomic E-state index is 0. The molecule has 0 saturated carbocycles. The Morgan fingerprint density at radius 2 is 1.97 bits per heavy atom. The second-order valence-electron chi connectivity index (χ2n) is 8.16. The van der Waals surface area contributed by atoms with Gasteiger partial charge in [0, 0.05) is 43.9 Å². The van der Waals surface area contributed by atoms with Crippen LogP contribution in [0.1, 0.15) is 45.1 Å². The number of carbonyl (C=O) groups excluding carboxylic acids is 1. The van der Waals surface area contributed by atoms with Gasteiger partial charge in [-0.05, 0) is 30.4 Å². The topological polar surface area (TPSA) is 99.7 Å². The number of benzene rings is 1. The first kappa shape index (κ1) is 25.7. The van der Waals surface area contributed by atoms with Crippen LogP contribution in [0.5, 0.6) is 0 Å². The smallest absolute Gasteiger partial charge is 0.225 e. The third-order valence-electron chi connectivity index (χ3n) is 4.78. The molecule has 1 aliphatic heterocycles. The molecule has 1 heterocycles. The van der Waals surface area contributed by atoms with E-state index in [4.69, 9.17) is 0 Å². The highest BCUT2D eigenvalue weighted by atomic mass is 127. The maximum absolute atomic E-state index is 12.0. The van der Waals surface area contributed by atoms with Crippen molar-refractivity contribution in [2.24, 2.45) is 10.4 Å². The highest BCUT2D eigenvalue weighted by molar-refractivity contribution is 14.0. The van der Waals surface area contributed by atoms with E-state index in [1.165, 1.54) is 6.26 Å². The largest absolute Gasteiger partial charge is 0.357 e. The summed E-state index contributed by atoms with van der Waals surface area (Å²) in [6.45, 7) is 7.87. The number of nitrogens with zero attached hydrogens (tertiary/aromatic N) is 1. The minimum Gasteiger partial charge on any atom is -0.357 e. The van der Waals surface area contributed by atoms with Crippen LogP contribution < -0.4 is 16.0 Å². The molecule has 1 aromatic rings. The maximum Gasteiger partial charge on any atom is 0.225 e. The van der Waals surface area contributed by atoms with Crippen molar-refractivity contribution in [1.29, 1.82) is 0 Å². The Morgan fingerprint density at radius 1 is 1.28 bits per heavy atom. The molecule has 0 bridgehead atoms. The van der Waals surface area contributed by atoms with E-state index in [1.807, 2.05) is 45.0 Å². The number of fused-ring (bicyclic) bond motifs is 1. The molecule has 164 valence electrons. The Bertz CT molecular complexity index is 825. The fraction of sp³-hybridized carbons (Fsp3) is 0.600. The Hall–Kier alpha value is -1.36. The second-order valence-corrected chi connectivity index (χ2v) is 10.4. The standard InChI is InChI=1S/C20H32N4O3S.HI/c1-5-21-19(23-14-20(2,3)10-11-28(4,26)27)22-13-15-12-18(25)24-17-9-7-6-8-16(15)17;/h6-9,15H,5,10-14H2,1-4H3,(H,24,25)(H2,21,22,23);1H. The van der Waals surface area contributed by atoms with E-state index < -0.39 is 9.84 Å². The van der Waals surface area contributed by atoms with Crippen LogP contribution in [0.4, 0.5) is 5.69 Å². The van der Waals surface area contributed by atoms with Gasteiger partial charge in [-0.25, -0.2) is 8.42 Å². The molecule has 29 heavy (non-hydrogen) atoms. The number of hydrogen-bond acceptors (Lipinski definition) is 4. The highest BCUT2D eigenvalue weighted by Crippen LogP contribution is 2.31. The lowest BCUT2D eigenvalue weighted by molar-refractivity contribution is -0.116. The lowest BCUT2D eigenvalue weighted by Crippen LogP contribution is -2.41. The van der Waals surface area contributed by atoms with E-state index in [-0.39, 0.29) is 47.0 Å². The van der Waals surface area contributed by atoms with Gasteiger partial charge in [0.2, 0.25) is 5.91 Å². The van der Waals surface area contributed by atoms with Crippen molar-refractivity contribution in [2.75, 3.05) is 37.0 Å². The molecule has 1 aliphatic rings. The summed E-state index contributed by atoms with van der Waals surface area (Å²) < 4.78 is 22.9. The number of amides is 1. The molecule has 2 rings (SSSR count). The van der Waals surface area contributed by atoms with Crippen molar-refractivity contribution in [3.8, 4) is 0 Å². The summed E-state index contributed by atoms with van der Waals surface area (Å²) in [5.74, 6) is 0.938. The number of nitrogens with one attached hydrogen (secondary N) is 3. The summed E-state index contributed by atoms with van der Waals surface area (Å²) in [4.78, 5) is 16.6. The lowest BCUT2D eigenvalue weighted by atomic mass is 9.90. The van der Waals surface area contributed by atoms with Crippen LogP contribution in [-0.2, 0) is 14.6 Å². The molecule has 0 aliphatic carbocycles.